The molecular weight excluding hydrogens is 168 g/mol. The Morgan fingerprint density at radius 2 is 2.08 bits per heavy atom. The van der Waals surface area contributed by atoms with Crippen LogP contribution in [0.25, 0.3) is 0 Å². The highest BCUT2D eigenvalue weighted by Gasteiger charge is 2.06. The van der Waals surface area contributed by atoms with E-state index in [4.69, 9.17) is 9.84 Å². The average molecular weight is 182 g/mol. The van der Waals surface area contributed by atoms with Crippen LogP contribution in [0.15, 0.2) is 24.3 Å². The van der Waals surface area contributed by atoms with Gasteiger partial charge in [-0.2, -0.15) is 0 Å². The standard InChI is InChI=1S/C10H14O3/c1-8(12)9-4-2-3-5-10(9)13-7-6-11/h2-5,8,11-12H,6-7H2,1H3/t8-/m0/s1. The summed E-state index contributed by atoms with van der Waals surface area (Å²) in [4.78, 5) is 0. The molecule has 72 valence electrons. The lowest BCUT2D eigenvalue weighted by molar-refractivity contribution is 0.177. The Kier molecular flexibility index (Phi) is 3.73. The van der Waals surface area contributed by atoms with Gasteiger partial charge in [0.25, 0.3) is 0 Å². The largest absolute Gasteiger partial charge is 0.491 e. The number of rotatable bonds is 4. The molecule has 3 heteroatoms. The van der Waals surface area contributed by atoms with Gasteiger partial charge in [-0.3, -0.25) is 0 Å². The van der Waals surface area contributed by atoms with Crippen LogP contribution >= 0.6 is 0 Å². The summed E-state index contributed by atoms with van der Waals surface area (Å²) in [6.07, 6.45) is -0.546. The van der Waals surface area contributed by atoms with Gasteiger partial charge in [-0.1, -0.05) is 18.2 Å². The summed E-state index contributed by atoms with van der Waals surface area (Å²) >= 11 is 0. The first-order valence-electron chi connectivity index (χ1n) is 4.26. The molecule has 1 aromatic carbocycles. The zero-order valence-corrected chi connectivity index (χ0v) is 7.60. The van der Waals surface area contributed by atoms with Gasteiger partial charge >= 0.3 is 0 Å². The molecule has 0 radical (unpaired) electrons. The van der Waals surface area contributed by atoms with Crippen LogP contribution in [-0.2, 0) is 0 Å². The van der Waals surface area contributed by atoms with Crippen LogP contribution in [0.1, 0.15) is 18.6 Å². The minimum atomic E-state index is -0.546. The quantitative estimate of drug-likeness (QED) is 0.733. The zero-order valence-electron chi connectivity index (χ0n) is 7.60. The summed E-state index contributed by atoms with van der Waals surface area (Å²) in [5, 5.41) is 17.9. The molecule has 0 heterocycles. The van der Waals surface area contributed by atoms with Gasteiger partial charge in [0, 0.05) is 5.56 Å². The minimum Gasteiger partial charge on any atom is -0.491 e. The average Bonchev–Trinajstić information content (AvgIpc) is 2.15. The Labute approximate surface area is 77.6 Å². The fourth-order valence-electron chi connectivity index (χ4n) is 1.11. The topological polar surface area (TPSA) is 49.7 Å². The lowest BCUT2D eigenvalue weighted by Crippen LogP contribution is -2.04. The Balaban J connectivity index is 2.78. The van der Waals surface area contributed by atoms with Crippen molar-refractivity contribution >= 4 is 0 Å². The Morgan fingerprint density at radius 1 is 1.38 bits per heavy atom. The second-order valence-electron chi connectivity index (χ2n) is 2.79. The van der Waals surface area contributed by atoms with Gasteiger partial charge in [0.2, 0.25) is 0 Å². The van der Waals surface area contributed by atoms with Crippen molar-refractivity contribution < 1.29 is 14.9 Å². The highest BCUT2D eigenvalue weighted by molar-refractivity contribution is 5.34. The molecule has 13 heavy (non-hydrogen) atoms. The molecule has 1 rings (SSSR count). The molecule has 2 N–H and O–H groups in total. The summed E-state index contributed by atoms with van der Waals surface area (Å²) < 4.78 is 5.24. The van der Waals surface area contributed by atoms with Crippen molar-refractivity contribution in [2.24, 2.45) is 0 Å². The summed E-state index contributed by atoms with van der Waals surface area (Å²) in [5.74, 6) is 0.631. The van der Waals surface area contributed by atoms with E-state index >= 15 is 0 Å². The minimum absolute atomic E-state index is 0.0197. The van der Waals surface area contributed by atoms with Crippen molar-refractivity contribution in [3.05, 3.63) is 29.8 Å². The number of hydrogen-bond acceptors (Lipinski definition) is 3. The fourth-order valence-corrected chi connectivity index (χ4v) is 1.11. The third-order valence-corrected chi connectivity index (χ3v) is 1.72. The van der Waals surface area contributed by atoms with E-state index in [0.717, 1.165) is 5.56 Å². The van der Waals surface area contributed by atoms with E-state index < -0.39 is 6.10 Å². The molecule has 1 atom stereocenters. The third kappa shape index (κ3) is 2.72. The van der Waals surface area contributed by atoms with E-state index in [-0.39, 0.29) is 13.2 Å². The third-order valence-electron chi connectivity index (χ3n) is 1.72. The van der Waals surface area contributed by atoms with Crippen molar-refractivity contribution in [3.63, 3.8) is 0 Å². The van der Waals surface area contributed by atoms with E-state index in [1.165, 1.54) is 0 Å². The summed E-state index contributed by atoms with van der Waals surface area (Å²) in [5.41, 5.74) is 0.746. The lowest BCUT2D eigenvalue weighted by Gasteiger charge is -2.11. The van der Waals surface area contributed by atoms with Crippen molar-refractivity contribution in [2.75, 3.05) is 13.2 Å². The molecule has 0 aliphatic carbocycles. The van der Waals surface area contributed by atoms with Crippen LogP contribution in [0.4, 0.5) is 0 Å². The summed E-state index contributed by atoms with van der Waals surface area (Å²) in [7, 11) is 0. The molecule has 0 amide bonds. The maximum absolute atomic E-state index is 9.36. The summed E-state index contributed by atoms with van der Waals surface area (Å²) in [6.45, 7) is 1.92. The van der Waals surface area contributed by atoms with E-state index in [1.807, 2.05) is 12.1 Å². The summed E-state index contributed by atoms with van der Waals surface area (Å²) in [6, 6.07) is 7.25. The van der Waals surface area contributed by atoms with E-state index in [0.29, 0.717) is 5.75 Å². The smallest absolute Gasteiger partial charge is 0.125 e. The molecule has 0 bridgehead atoms. The second kappa shape index (κ2) is 4.84. The van der Waals surface area contributed by atoms with Crippen molar-refractivity contribution in [2.45, 2.75) is 13.0 Å². The molecule has 0 saturated carbocycles. The van der Waals surface area contributed by atoms with Gasteiger partial charge in [-0.05, 0) is 13.0 Å². The number of benzene rings is 1. The Bertz CT molecular complexity index is 258. The molecule has 0 aliphatic rings. The highest BCUT2D eigenvalue weighted by atomic mass is 16.5. The SMILES string of the molecule is C[C@H](O)c1ccccc1OCCO. The molecule has 0 aliphatic heterocycles. The van der Waals surface area contributed by atoms with Gasteiger partial charge in [-0.25, -0.2) is 0 Å². The first-order valence-corrected chi connectivity index (χ1v) is 4.26. The number of hydrogen-bond donors (Lipinski definition) is 2. The van der Waals surface area contributed by atoms with Crippen LogP contribution in [0.2, 0.25) is 0 Å². The van der Waals surface area contributed by atoms with E-state index in [1.54, 1.807) is 19.1 Å². The van der Waals surface area contributed by atoms with Gasteiger partial charge in [0.15, 0.2) is 0 Å². The van der Waals surface area contributed by atoms with Gasteiger partial charge in [-0.15, -0.1) is 0 Å². The molecule has 0 unspecified atom stereocenters. The van der Waals surface area contributed by atoms with E-state index in [2.05, 4.69) is 0 Å². The molecule has 1 aromatic rings. The van der Waals surface area contributed by atoms with Gasteiger partial charge < -0.3 is 14.9 Å². The monoisotopic (exact) mass is 182 g/mol. The van der Waals surface area contributed by atoms with Gasteiger partial charge in [0.05, 0.1) is 12.7 Å². The van der Waals surface area contributed by atoms with Crippen LogP contribution in [0.3, 0.4) is 0 Å². The van der Waals surface area contributed by atoms with Gasteiger partial charge in [0.1, 0.15) is 12.4 Å². The van der Waals surface area contributed by atoms with Crippen LogP contribution < -0.4 is 4.74 Å². The Morgan fingerprint density at radius 3 is 2.69 bits per heavy atom. The number of para-hydroxylation sites is 1. The second-order valence-corrected chi connectivity index (χ2v) is 2.79. The number of aliphatic hydroxyl groups excluding tert-OH is 2. The molecular formula is C10H14O3. The predicted octanol–water partition coefficient (Wildman–Crippen LogP) is 1.11. The first-order chi connectivity index (χ1) is 6.25. The number of ether oxygens (including phenoxy) is 1. The fraction of sp³-hybridized carbons (Fsp3) is 0.400. The van der Waals surface area contributed by atoms with Crippen molar-refractivity contribution in [1.29, 1.82) is 0 Å². The normalized spacial score (nSPS) is 12.5. The maximum atomic E-state index is 9.36. The zero-order chi connectivity index (χ0) is 9.68. The van der Waals surface area contributed by atoms with Crippen molar-refractivity contribution in [3.8, 4) is 5.75 Å². The molecule has 3 nitrogen and oxygen atoms in total. The maximum Gasteiger partial charge on any atom is 0.125 e. The molecule has 0 saturated heterocycles. The molecule has 0 spiro atoms. The Hall–Kier alpha value is -1.06. The van der Waals surface area contributed by atoms with Crippen LogP contribution in [0.5, 0.6) is 5.75 Å². The first kappa shape index (κ1) is 10.0. The molecule has 0 fully saturated rings. The molecule has 0 aromatic heterocycles. The van der Waals surface area contributed by atoms with Crippen LogP contribution in [0, 0.1) is 0 Å². The predicted molar refractivity (Wildman–Crippen MR) is 49.7 cm³/mol. The van der Waals surface area contributed by atoms with E-state index in [9.17, 15) is 5.11 Å². The van der Waals surface area contributed by atoms with Crippen molar-refractivity contribution in [1.82, 2.24) is 0 Å². The lowest BCUT2D eigenvalue weighted by atomic mass is 10.1. The van der Waals surface area contributed by atoms with Crippen LogP contribution in [-0.4, -0.2) is 23.4 Å². The number of aliphatic hydroxyl groups is 2. The highest BCUT2D eigenvalue weighted by Crippen LogP contribution is 2.24.